The fourth-order valence-corrected chi connectivity index (χ4v) is 2.92. The maximum absolute atomic E-state index is 12.4. The average molecular weight is 323 g/mol. The van der Waals surface area contributed by atoms with Gasteiger partial charge in [0.05, 0.1) is 33.0 Å². The van der Waals surface area contributed by atoms with Crippen molar-refractivity contribution < 1.29 is 19.0 Å². The van der Waals surface area contributed by atoms with Crippen LogP contribution in [0.5, 0.6) is 0 Å². The third kappa shape index (κ3) is 5.07. The molecular formula is C14H27ClN2O4. The van der Waals surface area contributed by atoms with Crippen molar-refractivity contribution in [3.05, 3.63) is 0 Å². The Labute approximate surface area is 133 Å². The number of halogens is 1. The second-order valence-corrected chi connectivity index (χ2v) is 5.23. The second-order valence-electron chi connectivity index (χ2n) is 5.23. The molecule has 0 radical (unpaired) electrons. The lowest BCUT2D eigenvalue weighted by Crippen LogP contribution is -2.59. The van der Waals surface area contributed by atoms with Gasteiger partial charge in [-0.3, -0.25) is 14.6 Å². The van der Waals surface area contributed by atoms with Crippen LogP contribution in [0.2, 0.25) is 0 Å². The summed E-state index contributed by atoms with van der Waals surface area (Å²) in [6.07, 6.45) is 0. The Hall–Kier alpha value is -0.400. The molecule has 0 spiro atoms. The largest absolute Gasteiger partial charge is 0.465 e. The van der Waals surface area contributed by atoms with Crippen LogP contribution in [0.3, 0.4) is 0 Å². The average Bonchev–Trinajstić information content (AvgIpc) is 2.50. The number of nitrogens with zero attached hydrogens (tertiary/aromatic N) is 2. The minimum Gasteiger partial charge on any atom is -0.465 e. The fourth-order valence-electron chi connectivity index (χ4n) is 2.92. The molecule has 0 aromatic rings. The number of hydrogen-bond donors (Lipinski definition) is 0. The summed E-state index contributed by atoms with van der Waals surface area (Å²) in [6.45, 7) is 10.6. The molecule has 2 atom stereocenters. The monoisotopic (exact) mass is 322 g/mol. The second kappa shape index (κ2) is 9.58. The number of ether oxygens (including phenoxy) is 3. The molecule has 7 heteroatoms. The maximum atomic E-state index is 12.4. The molecule has 0 saturated carbocycles. The van der Waals surface area contributed by atoms with Crippen LogP contribution in [0.4, 0.5) is 0 Å². The van der Waals surface area contributed by atoms with Gasteiger partial charge in [-0.15, -0.1) is 12.4 Å². The van der Waals surface area contributed by atoms with Crippen LogP contribution < -0.4 is 0 Å². The Kier molecular flexibility index (Phi) is 8.51. The normalized spacial score (nSPS) is 23.9. The smallest absolute Gasteiger partial charge is 0.324 e. The van der Waals surface area contributed by atoms with Gasteiger partial charge in [-0.2, -0.15) is 0 Å². The first-order valence-corrected chi connectivity index (χ1v) is 7.54. The lowest BCUT2D eigenvalue weighted by molar-refractivity contribution is -0.155. The van der Waals surface area contributed by atoms with E-state index in [0.29, 0.717) is 19.8 Å². The van der Waals surface area contributed by atoms with E-state index in [1.165, 1.54) is 0 Å². The van der Waals surface area contributed by atoms with Gasteiger partial charge in [-0.1, -0.05) is 0 Å². The first-order chi connectivity index (χ1) is 9.74. The zero-order valence-corrected chi connectivity index (χ0v) is 13.8. The van der Waals surface area contributed by atoms with Gasteiger partial charge in [0, 0.05) is 32.2 Å². The van der Waals surface area contributed by atoms with Crippen molar-refractivity contribution in [1.82, 2.24) is 9.80 Å². The maximum Gasteiger partial charge on any atom is 0.324 e. The predicted octanol–water partition coefficient (Wildman–Crippen LogP) is 0.393. The highest BCUT2D eigenvalue weighted by Crippen LogP contribution is 2.16. The third-order valence-electron chi connectivity index (χ3n) is 4.05. The lowest BCUT2D eigenvalue weighted by atomic mass is 10.1. The van der Waals surface area contributed by atoms with Crippen LogP contribution in [0, 0.1) is 0 Å². The van der Waals surface area contributed by atoms with Crippen molar-refractivity contribution in [3.63, 3.8) is 0 Å². The standard InChI is InChI=1S/C14H26N2O4.ClH/c1-3-20-14(17)13(16-6-10-19-11-7-16)12(2)15-4-8-18-9-5-15;/h12-13H,3-11H2,1-2H3;1H. The van der Waals surface area contributed by atoms with Gasteiger partial charge in [0.15, 0.2) is 0 Å². The minimum absolute atomic E-state index is 0. The number of carbonyl (C=O) groups excluding carboxylic acids is 1. The Morgan fingerprint density at radius 3 is 2.00 bits per heavy atom. The van der Waals surface area contributed by atoms with Crippen LogP contribution in [0.15, 0.2) is 0 Å². The molecule has 0 aromatic carbocycles. The topological polar surface area (TPSA) is 51.2 Å². The van der Waals surface area contributed by atoms with Crippen LogP contribution >= 0.6 is 12.4 Å². The van der Waals surface area contributed by atoms with E-state index in [2.05, 4.69) is 16.7 Å². The molecule has 2 aliphatic rings. The molecule has 2 saturated heterocycles. The molecule has 0 N–H and O–H groups in total. The predicted molar refractivity (Wildman–Crippen MR) is 81.9 cm³/mol. The van der Waals surface area contributed by atoms with E-state index in [4.69, 9.17) is 14.2 Å². The van der Waals surface area contributed by atoms with E-state index < -0.39 is 0 Å². The van der Waals surface area contributed by atoms with Crippen LogP contribution in [-0.2, 0) is 19.0 Å². The van der Waals surface area contributed by atoms with Gasteiger partial charge in [-0.25, -0.2) is 0 Å². The minimum atomic E-state index is -0.211. The first-order valence-electron chi connectivity index (χ1n) is 7.54. The summed E-state index contributed by atoms with van der Waals surface area (Å²) in [5, 5.41) is 0. The molecule has 0 aromatic heterocycles. The SMILES string of the molecule is CCOC(=O)C(C(C)N1CCOCC1)N1CCOCC1.Cl. The van der Waals surface area contributed by atoms with Gasteiger partial charge in [0.2, 0.25) is 0 Å². The summed E-state index contributed by atoms with van der Waals surface area (Å²) in [5.74, 6) is -0.117. The summed E-state index contributed by atoms with van der Waals surface area (Å²) >= 11 is 0. The highest BCUT2D eigenvalue weighted by Gasteiger charge is 2.36. The zero-order chi connectivity index (χ0) is 14.4. The molecule has 0 bridgehead atoms. The Morgan fingerprint density at radius 1 is 1.05 bits per heavy atom. The summed E-state index contributed by atoms with van der Waals surface area (Å²) in [7, 11) is 0. The van der Waals surface area contributed by atoms with E-state index >= 15 is 0 Å². The molecule has 2 unspecified atom stereocenters. The van der Waals surface area contributed by atoms with Gasteiger partial charge < -0.3 is 14.2 Å². The molecule has 2 fully saturated rings. The van der Waals surface area contributed by atoms with E-state index in [9.17, 15) is 4.79 Å². The van der Waals surface area contributed by atoms with Crippen molar-refractivity contribution in [2.75, 3.05) is 59.2 Å². The summed E-state index contributed by atoms with van der Waals surface area (Å²) in [6, 6.07) is -0.0759. The van der Waals surface area contributed by atoms with Crippen LogP contribution in [-0.4, -0.2) is 87.1 Å². The van der Waals surface area contributed by atoms with Gasteiger partial charge >= 0.3 is 5.97 Å². The van der Waals surface area contributed by atoms with E-state index in [0.717, 1.165) is 39.4 Å². The zero-order valence-electron chi connectivity index (χ0n) is 13.0. The Balaban J connectivity index is 0.00000220. The molecular weight excluding hydrogens is 296 g/mol. The number of rotatable bonds is 5. The van der Waals surface area contributed by atoms with E-state index in [-0.39, 0.29) is 30.5 Å². The summed E-state index contributed by atoms with van der Waals surface area (Å²) in [4.78, 5) is 16.9. The van der Waals surface area contributed by atoms with E-state index in [1.54, 1.807) is 0 Å². The highest BCUT2D eigenvalue weighted by molar-refractivity contribution is 5.85. The van der Waals surface area contributed by atoms with Crippen molar-refractivity contribution in [1.29, 1.82) is 0 Å². The van der Waals surface area contributed by atoms with Crippen LogP contribution in [0.25, 0.3) is 0 Å². The number of morpholine rings is 2. The van der Waals surface area contributed by atoms with Crippen LogP contribution in [0.1, 0.15) is 13.8 Å². The molecule has 0 amide bonds. The van der Waals surface area contributed by atoms with Crippen molar-refractivity contribution in [2.45, 2.75) is 25.9 Å². The molecule has 0 aliphatic carbocycles. The summed E-state index contributed by atoms with van der Waals surface area (Å²) in [5.41, 5.74) is 0. The number of carbonyl (C=O) groups is 1. The summed E-state index contributed by atoms with van der Waals surface area (Å²) < 4.78 is 16.1. The molecule has 2 rings (SSSR count). The van der Waals surface area contributed by atoms with Gasteiger partial charge in [0.1, 0.15) is 6.04 Å². The fraction of sp³-hybridized carbons (Fsp3) is 0.929. The molecule has 124 valence electrons. The highest BCUT2D eigenvalue weighted by atomic mass is 35.5. The van der Waals surface area contributed by atoms with Gasteiger partial charge in [-0.05, 0) is 13.8 Å². The quantitative estimate of drug-likeness (QED) is 0.683. The third-order valence-corrected chi connectivity index (χ3v) is 4.05. The lowest BCUT2D eigenvalue weighted by Gasteiger charge is -2.41. The van der Waals surface area contributed by atoms with Crippen molar-refractivity contribution in [3.8, 4) is 0 Å². The molecule has 2 aliphatic heterocycles. The number of hydrogen-bond acceptors (Lipinski definition) is 6. The molecule has 6 nitrogen and oxygen atoms in total. The Morgan fingerprint density at radius 2 is 1.52 bits per heavy atom. The number of esters is 1. The van der Waals surface area contributed by atoms with E-state index in [1.807, 2.05) is 6.92 Å². The van der Waals surface area contributed by atoms with Crippen molar-refractivity contribution >= 4 is 18.4 Å². The van der Waals surface area contributed by atoms with Gasteiger partial charge in [0.25, 0.3) is 0 Å². The first kappa shape index (κ1) is 18.6. The molecule has 21 heavy (non-hydrogen) atoms. The van der Waals surface area contributed by atoms with Crippen molar-refractivity contribution in [2.24, 2.45) is 0 Å². The Bertz CT molecular complexity index is 307. The molecule has 2 heterocycles.